The number of hydrogen-bond donors (Lipinski definition) is 0. The van der Waals surface area contributed by atoms with E-state index in [1.807, 2.05) is 13.0 Å². The third-order valence-electron chi connectivity index (χ3n) is 6.24. The minimum Gasteiger partial charge on any atom is -0.493 e. The number of amides is 2. The number of methoxy groups -OCH3 is 2. The fraction of sp³-hybridized carbons (Fsp3) is 0.385. The summed E-state index contributed by atoms with van der Waals surface area (Å²) in [5.41, 5.74) is 1.89. The third kappa shape index (κ3) is 4.15. The number of nitrogens with zero attached hydrogens (tertiary/aromatic N) is 2. The molecule has 2 aliphatic rings. The van der Waals surface area contributed by atoms with Crippen LogP contribution >= 0.6 is 0 Å². The Bertz CT molecular complexity index is 1090. The van der Waals surface area contributed by atoms with Gasteiger partial charge in [-0.15, -0.1) is 0 Å². The predicted molar refractivity (Wildman–Crippen MR) is 127 cm³/mol. The van der Waals surface area contributed by atoms with E-state index in [0.717, 1.165) is 25.9 Å². The van der Waals surface area contributed by atoms with Crippen LogP contribution in [0, 0.1) is 5.92 Å². The lowest BCUT2D eigenvalue weighted by Crippen LogP contribution is -2.38. The molecule has 2 amide bonds. The Kier molecular flexibility index (Phi) is 6.58. The zero-order valence-electron chi connectivity index (χ0n) is 19.6. The van der Waals surface area contributed by atoms with Crippen LogP contribution in [0.4, 0.5) is 5.69 Å². The molecule has 0 radical (unpaired) electrons. The van der Waals surface area contributed by atoms with Gasteiger partial charge in [0.05, 0.1) is 32.1 Å². The van der Waals surface area contributed by atoms with Gasteiger partial charge < -0.3 is 19.1 Å². The quantitative estimate of drug-likeness (QED) is 0.591. The summed E-state index contributed by atoms with van der Waals surface area (Å²) >= 11 is 0. The Morgan fingerprint density at radius 2 is 1.61 bits per heavy atom. The summed E-state index contributed by atoms with van der Waals surface area (Å²) in [6, 6.07) is 12.5. The van der Waals surface area contributed by atoms with Crippen LogP contribution in [0.15, 0.2) is 48.2 Å². The van der Waals surface area contributed by atoms with Gasteiger partial charge in [0, 0.05) is 13.1 Å². The van der Waals surface area contributed by atoms with Gasteiger partial charge in [0.25, 0.3) is 11.8 Å². The maximum absolute atomic E-state index is 13.8. The molecule has 2 heterocycles. The third-order valence-corrected chi connectivity index (χ3v) is 6.24. The van der Waals surface area contributed by atoms with Crippen LogP contribution in [0.5, 0.6) is 17.2 Å². The fourth-order valence-electron chi connectivity index (χ4n) is 4.43. The van der Waals surface area contributed by atoms with E-state index in [1.165, 1.54) is 4.90 Å². The smallest absolute Gasteiger partial charge is 0.282 e. The molecule has 0 atom stereocenters. The standard InChI is InChI=1S/C26H30N2O5/c1-5-33-20-9-7-6-8-19(20)28-25(29)23(18-10-11-21(31-3)22(16-18)32-4)24(26(28)30)27-14-12-17(2)13-15-27/h6-11,16-17H,5,12-15H2,1-4H3. The van der Waals surface area contributed by atoms with Gasteiger partial charge >= 0.3 is 0 Å². The second-order valence-electron chi connectivity index (χ2n) is 8.31. The molecule has 0 aromatic heterocycles. The van der Waals surface area contributed by atoms with Crippen molar-refractivity contribution in [2.24, 2.45) is 5.92 Å². The van der Waals surface area contributed by atoms with E-state index in [1.54, 1.807) is 50.6 Å². The van der Waals surface area contributed by atoms with Crippen molar-refractivity contribution in [2.45, 2.75) is 26.7 Å². The molecule has 0 aliphatic carbocycles. The molecular formula is C26H30N2O5. The van der Waals surface area contributed by atoms with Crippen molar-refractivity contribution in [2.75, 3.05) is 38.8 Å². The predicted octanol–water partition coefficient (Wildman–Crippen LogP) is 4.12. The highest BCUT2D eigenvalue weighted by atomic mass is 16.5. The molecule has 7 nitrogen and oxygen atoms in total. The van der Waals surface area contributed by atoms with Gasteiger partial charge in [0.15, 0.2) is 11.5 Å². The summed E-state index contributed by atoms with van der Waals surface area (Å²) in [7, 11) is 3.11. The van der Waals surface area contributed by atoms with Crippen LogP contribution in [-0.4, -0.2) is 50.6 Å². The minimum absolute atomic E-state index is 0.327. The summed E-state index contributed by atoms with van der Waals surface area (Å²) in [4.78, 5) is 30.9. The van der Waals surface area contributed by atoms with Crippen LogP contribution in [0.3, 0.4) is 0 Å². The maximum atomic E-state index is 13.8. The van der Waals surface area contributed by atoms with Crippen molar-refractivity contribution in [1.29, 1.82) is 0 Å². The zero-order chi connectivity index (χ0) is 23.5. The summed E-state index contributed by atoms with van der Waals surface area (Å²) < 4.78 is 16.6. The number of carbonyl (C=O) groups is 2. The highest BCUT2D eigenvalue weighted by Crippen LogP contribution is 2.41. The SMILES string of the molecule is CCOc1ccccc1N1C(=O)C(c2ccc(OC)c(OC)c2)=C(N2CCC(C)CC2)C1=O. The second kappa shape index (κ2) is 9.57. The van der Waals surface area contributed by atoms with Crippen molar-refractivity contribution in [3.05, 3.63) is 53.7 Å². The normalized spacial score (nSPS) is 17.1. The fourth-order valence-corrected chi connectivity index (χ4v) is 4.43. The van der Waals surface area contributed by atoms with E-state index in [0.29, 0.717) is 52.3 Å². The Balaban J connectivity index is 1.84. The summed E-state index contributed by atoms with van der Waals surface area (Å²) in [5, 5.41) is 0. The van der Waals surface area contributed by atoms with Crippen LogP contribution < -0.4 is 19.1 Å². The van der Waals surface area contributed by atoms with Gasteiger partial charge in [-0.2, -0.15) is 0 Å². The Morgan fingerprint density at radius 3 is 2.27 bits per heavy atom. The van der Waals surface area contributed by atoms with Crippen molar-refractivity contribution >= 4 is 23.1 Å². The molecule has 1 saturated heterocycles. The molecule has 0 N–H and O–H groups in total. The topological polar surface area (TPSA) is 68.3 Å². The van der Waals surface area contributed by atoms with Crippen LogP contribution in [-0.2, 0) is 9.59 Å². The number of rotatable bonds is 7. The van der Waals surface area contributed by atoms with Gasteiger partial charge in [-0.05, 0) is 55.5 Å². The zero-order valence-corrected chi connectivity index (χ0v) is 19.6. The average molecular weight is 451 g/mol. The van der Waals surface area contributed by atoms with E-state index in [-0.39, 0.29) is 11.8 Å². The number of piperidine rings is 1. The van der Waals surface area contributed by atoms with Gasteiger partial charge in [0.2, 0.25) is 0 Å². The number of imide groups is 1. The number of hydrogen-bond acceptors (Lipinski definition) is 6. The molecule has 7 heteroatoms. The molecule has 2 aromatic carbocycles. The molecule has 0 spiro atoms. The van der Waals surface area contributed by atoms with E-state index >= 15 is 0 Å². The lowest BCUT2D eigenvalue weighted by Gasteiger charge is -2.32. The maximum Gasteiger partial charge on any atom is 0.282 e. The molecule has 2 aliphatic heterocycles. The Labute approximate surface area is 194 Å². The molecule has 0 bridgehead atoms. The minimum atomic E-state index is -0.368. The van der Waals surface area contributed by atoms with Crippen molar-refractivity contribution in [3.63, 3.8) is 0 Å². The molecule has 33 heavy (non-hydrogen) atoms. The largest absolute Gasteiger partial charge is 0.493 e. The Hall–Kier alpha value is -3.48. The number of likely N-dealkylation sites (tertiary alicyclic amines) is 1. The molecular weight excluding hydrogens is 420 g/mol. The van der Waals surface area contributed by atoms with Gasteiger partial charge in [-0.1, -0.05) is 25.1 Å². The first-order chi connectivity index (χ1) is 16.0. The van der Waals surface area contributed by atoms with Gasteiger partial charge in [0.1, 0.15) is 11.4 Å². The first-order valence-electron chi connectivity index (χ1n) is 11.3. The molecule has 0 unspecified atom stereocenters. The highest BCUT2D eigenvalue weighted by Gasteiger charge is 2.44. The monoisotopic (exact) mass is 450 g/mol. The summed E-state index contributed by atoms with van der Waals surface area (Å²) in [6.45, 7) is 5.98. The molecule has 0 saturated carbocycles. The molecule has 1 fully saturated rings. The number of ether oxygens (including phenoxy) is 3. The van der Waals surface area contributed by atoms with Crippen LogP contribution in [0.25, 0.3) is 5.57 Å². The number of para-hydroxylation sites is 2. The van der Waals surface area contributed by atoms with Crippen LogP contribution in [0.2, 0.25) is 0 Å². The number of benzene rings is 2. The molecule has 4 rings (SSSR count). The average Bonchev–Trinajstić information content (AvgIpc) is 3.09. The lowest BCUT2D eigenvalue weighted by molar-refractivity contribution is -0.120. The van der Waals surface area contributed by atoms with Crippen molar-refractivity contribution < 1.29 is 23.8 Å². The van der Waals surface area contributed by atoms with E-state index in [4.69, 9.17) is 14.2 Å². The van der Waals surface area contributed by atoms with E-state index < -0.39 is 0 Å². The van der Waals surface area contributed by atoms with Gasteiger partial charge in [-0.25, -0.2) is 4.90 Å². The van der Waals surface area contributed by atoms with Gasteiger partial charge in [-0.3, -0.25) is 9.59 Å². The highest BCUT2D eigenvalue weighted by molar-refractivity contribution is 6.45. The molecule has 2 aromatic rings. The first kappa shape index (κ1) is 22.7. The Morgan fingerprint density at radius 1 is 0.909 bits per heavy atom. The second-order valence-corrected chi connectivity index (χ2v) is 8.31. The first-order valence-corrected chi connectivity index (χ1v) is 11.3. The molecule has 174 valence electrons. The lowest BCUT2D eigenvalue weighted by atomic mass is 9.97. The van der Waals surface area contributed by atoms with Crippen LogP contribution in [0.1, 0.15) is 32.3 Å². The van der Waals surface area contributed by atoms with E-state index in [9.17, 15) is 9.59 Å². The van der Waals surface area contributed by atoms with E-state index in [2.05, 4.69) is 11.8 Å². The summed E-state index contributed by atoms with van der Waals surface area (Å²) in [6.07, 6.45) is 1.94. The summed E-state index contributed by atoms with van der Waals surface area (Å²) in [5.74, 6) is 1.46. The van der Waals surface area contributed by atoms with Crippen molar-refractivity contribution in [3.8, 4) is 17.2 Å². The van der Waals surface area contributed by atoms with Crippen molar-refractivity contribution in [1.82, 2.24) is 4.90 Å². The number of carbonyl (C=O) groups excluding carboxylic acids is 2. The number of anilines is 1.